The zero-order valence-corrected chi connectivity index (χ0v) is 17.7. The molecule has 2 N–H and O–H groups in total. The number of aromatic nitrogens is 1. The van der Waals surface area contributed by atoms with Crippen LogP contribution in [0.3, 0.4) is 0 Å². The Kier molecular flexibility index (Phi) is 6.18. The first-order valence-corrected chi connectivity index (χ1v) is 11.0. The van der Waals surface area contributed by atoms with Crippen LogP contribution >= 0.6 is 11.3 Å². The van der Waals surface area contributed by atoms with Crippen LogP contribution in [0.1, 0.15) is 21.5 Å². The standard InChI is InChI=1S/C19H11F6N3O3S2/c1-2-5-28-14-4-3-13(33(26,30)31)9-15(14)32-17(28)27-16(29)10-6-11(18(20,21)22)8-12(7-10)19(23,24)25/h1,3-4,6-9H,5H2,(H2,26,30,31). The number of fused-ring (bicyclic) bond motifs is 1. The first-order valence-electron chi connectivity index (χ1n) is 8.59. The van der Waals surface area contributed by atoms with Crippen LogP contribution in [0.15, 0.2) is 46.3 Å². The van der Waals surface area contributed by atoms with E-state index in [1.807, 2.05) is 0 Å². The van der Waals surface area contributed by atoms with E-state index in [1.165, 1.54) is 22.8 Å². The summed E-state index contributed by atoms with van der Waals surface area (Å²) in [5.41, 5.74) is -3.94. The van der Waals surface area contributed by atoms with Gasteiger partial charge in [0, 0.05) is 5.56 Å². The molecule has 0 aliphatic heterocycles. The van der Waals surface area contributed by atoms with E-state index in [0.717, 1.165) is 11.3 Å². The molecule has 0 spiro atoms. The van der Waals surface area contributed by atoms with E-state index in [9.17, 15) is 39.6 Å². The number of halogens is 6. The molecule has 33 heavy (non-hydrogen) atoms. The van der Waals surface area contributed by atoms with Crippen LogP contribution in [0, 0.1) is 12.3 Å². The Labute approximate surface area is 186 Å². The molecule has 3 aromatic rings. The highest BCUT2D eigenvalue weighted by molar-refractivity contribution is 7.89. The Balaban J connectivity index is 2.22. The maximum Gasteiger partial charge on any atom is 0.416 e. The summed E-state index contributed by atoms with van der Waals surface area (Å²) in [5.74, 6) is 0.897. The summed E-state index contributed by atoms with van der Waals surface area (Å²) < 4.78 is 103. The van der Waals surface area contributed by atoms with Gasteiger partial charge in [0.25, 0.3) is 5.91 Å². The molecule has 174 valence electrons. The van der Waals surface area contributed by atoms with Crippen molar-refractivity contribution >= 4 is 37.5 Å². The van der Waals surface area contributed by atoms with E-state index in [1.54, 1.807) is 0 Å². The number of thiazole rings is 1. The first-order chi connectivity index (χ1) is 15.1. The van der Waals surface area contributed by atoms with Gasteiger partial charge in [0.2, 0.25) is 10.0 Å². The van der Waals surface area contributed by atoms with E-state index in [-0.39, 0.29) is 39.1 Å². The minimum Gasteiger partial charge on any atom is -0.305 e. The summed E-state index contributed by atoms with van der Waals surface area (Å²) >= 11 is 0.752. The third-order valence-corrected chi connectivity index (χ3v) is 6.22. The maximum atomic E-state index is 13.1. The Morgan fingerprint density at radius 2 is 1.64 bits per heavy atom. The molecule has 0 saturated heterocycles. The number of hydrogen-bond donors (Lipinski definition) is 1. The van der Waals surface area contributed by atoms with Crippen LogP contribution in [0.2, 0.25) is 0 Å². The molecule has 0 aliphatic rings. The van der Waals surface area contributed by atoms with Crippen LogP contribution in [0.5, 0.6) is 0 Å². The predicted octanol–water partition coefficient (Wildman–Crippen LogP) is 3.76. The smallest absolute Gasteiger partial charge is 0.305 e. The Morgan fingerprint density at radius 1 is 1.06 bits per heavy atom. The summed E-state index contributed by atoms with van der Waals surface area (Å²) in [6.45, 7) is -0.169. The molecule has 1 amide bonds. The molecular weight excluding hydrogens is 496 g/mol. The van der Waals surface area contributed by atoms with E-state index in [4.69, 9.17) is 11.6 Å². The Morgan fingerprint density at radius 3 is 2.12 bits per heavy atom. The van der Waals surface area contributed by atoms with E-state index >= 15 is 0 Å². The lowest BCUT2D eigenvalue weighted by Gasteiger charge is -2.12. The maximum absolute atomic E-state index is 13.1. The fourth-order valence-electron chi connectivity index (χ4n) is 2.79. The number of rotatable bonds is 3. The van der Waals surface area contributed by atoms with Gasteiger partial charge in [-0.25, -0.2) is 13.6 Å². The molecule has 0 bridgehead atoms. The molecule has 0 radical (unpaired) electrons. The quantitative estimate of drug-likeness (QED) is 0.432. The third kappa shape index (κ3) is 5.27. The molecule has 0 aliphatic carbocycles. The minimum atomic E-state index is -5.14. The van der Waals surface area contributed by atoms with Gasteiger partial charge in [-0.2, -0.15) is 31.3 Å². The van der Waals surface area contributed by atoms with E-state index < -0.39 is 45.0 Å². The number of carbonyl (C=O) groups is 1. The number of carbonyl (C=O) groups excluding carboxylic acids is 1. The summed E-state index contributed by atoms with van der Waals surface area (Å²) in [5, 5.41) is 5.08. The number of primary sulfonamides is 1. The minimum absolute atomic E-state index is 0.108. The topological polar surface area (TPSA) is 94.5 Å². The van der Waals surface area contributed by atoms with Gasteiger partial charge in [-0.3, -0.25) is 4.79 Å². The van der Waals surface area contributed by atoms with Crippen molar-refractivity contribution in [2.24, 2.45) is 10.1 Å². The lowest BCUT2D eigenvalue weighted by Crippen LogP contribution is -2.18. The van der Waals surface area contributed by atoms with E-state index in [2.05, 4.69) is 10.9 Å². The van der Waals surface area contributed by atoms with Crippen molar-refractivity contribution in [3.63, 3.8) is 0 Å². The molecule has 14 heteroatoms. The number of terminal acetylenes is 1. The van der Waals surface area contributed by atoms with Gasteiger partial charge in [0.15, 0.2) is 4.80 Å². The number of nitrogens with zero attached hydrogens (tertiary/aromatic N) is 2. The van der Waals surface area contributed by atoms with Crippen LogP contribution < -0.4 is 9.94 Å². The SMILES string of the molecule is C#CCn1c(=NC(=O)c2cc(C(F)(F)F)cc(C(F)(F)F)c2)sc2cc(S(N)(=O)=O)ccc21. The molecule has 1 aromatic heterocycles. The molecular formula is C19H11F6N3O3S2. The van der Waals surface area contributed by atoms with Crippen LogP contribution in [0.25, 0.3) is 10.2 Å². The third-order valence-electron chi connectivity index (χ3n) is 4.26. The monoisotopic (exact) mass is 507 g/mol. The van der Waals surface area contributed by atoms with Crippen molar-refractivity contribution in [1.29, 1.82) is 0 Å². The molecule has 1 heterocycles. The van der Waals surface area contributed by atoms with Gasteiger partial charge in [-0.1, -0.05) is 17.3 Å². The van der Waals surface area contributed by atoms with E-state index in [0.29, 0.717) is 5.52 Å². The number of amides is 1. The molecule has 3 rings (SSSR count). The van der Waals surface area contributed by atoms with Crippen LogP contribution in [-0.2, 0) is 28.9 Å². The highest BCUT2D eigenvalue weighted by Crippen LogP contribution is 2.36. The largest absolute Gasteiger partial charge is 0.416 e. The highest BCUT2D eigenvalue weighted by atomic mass is 32.2. The van der Waals surface area contributed by atoms with Crippen LogP contribution in [0.4, 0.5) is 26.3 Å². The fraction of sp³-hybridized carbons (Fsp3) is 0.158. The molecule has 6 nitrogen and oxygen atoms in total. The Hall–Kier alpha value is -3.15. The molecule has 0 atom stereocenters. The van der Waals surface area contributed by atoms with Gasteiger partial charge >= 0.3 is 12.4 Å². The zero-order valence-electron chi connectivity index (χ0n) is 16.0. The van der Waals surface area contributed by atoms with Crippen molar-refractivity contribution in [3.8, 4) is 12.3 Å². The summed E-state index contributed by atoms with van der Waals surface area (Å²) in [6, 6.07) is 4.10. The van der Waals surface area contributed by atoms with Gasteiger partial charge in [0.1, 0.15) is 0 Å². The van der Waals surface area contributed by atoms with Crippen molar-refractivity contribution in [1.82, 2.24) is 4.57 Å². The Bertz CT molecular complexity index is 1440. The normalized spacial score (nSPS) is 13.3. The molecule has 0 fully saturated rings. The second-order valence-corrected chi connectivity index (χ2v) is 9.13. The lowest BCUT2D eigenvalue weighted by atomic mass is 10.0. The van der Waals surface area contributed by atoms with Gasteiger partial charge in [-0.05, 0) is 36.4 Å². The number of benzene rings is 2. The molecule has 0 unspecified atom stereocenters. The second-order valence-electron chi connectivity index (χ2n) is 6.56. The highest BCUT2D eigenvalue weighted by Gasteiger charge is 2.37. The van der Waals surface area contributed by atoms with Crippen LogP contribution in [-0.4, -0.2) is 18.9 Å². The number of nitrogens with two attached hydrogens (primary N) is 1. The first kappa shape index (κ1) is 24.5. The van der Waals surface area contributed by atoms with Crippen molar-refractivity contribution < 1.29 is 39.6 Å². The van der Waals surface area contributed by atoms with Crippen molar-refractivity contribution in [2.45, 2.75) is 23.8 Å². The average molecular weight is 507 g/mol. The number of alkyl halides is 6. The average Bonchev–Trinajstić information content (AvgIpc) is 3.02. The summed E-state index contributed by atoms with van der Waals surface area (Å²) in [7, 11) is -4.07. The van der Waals surface area contributed by atoms with Crippen molar-refractivity contribution in [2.75, 3.05) is 0 Å². The zero-order chi connectivity index (χ0) is 24.8. The number of sulfonamides is 1. The van der Waals surface area contributed by atoms with Gasteiger partial charge in [-0.15, -0.1) is 6.42 Å². The lowest BCUT2D eigenvalue weighted by molar-refractivity contribution is -0.143. The van der Waals surface area contributed by atoms with Gasteiger partial charge in [0.05, 0.1) is 32.8 Å². The fourth-order valence-corrected chi connectivity index (χ4v) is 4.47. The summed E-state index contributed by atoms with van der Waals surface area (Å²) in [4.78, 5) is 15.8. The van der Waals surface area contributed by atoms with Gasteiger partial charge < -0.3 is 4.57 Å². The summed E-state index contributed by atoms with van der Waals surface area (Å²) in [6.07, 6.45) is -4.98. The molecule has 0 saturated carbocycles. The molecule has 2 aromatic carbocycles. The number of hydrogen-bond acceptors (Lipinski definition) is 4. The predicted molar refractivity (Wildman–Crippen MR) is 106 cm³/mol. The second kappa shape index (κ2) is 8.32. The van der Waals surface area contributed by atoms with Crippen molar-refractivity contribution in [3.05, 3.63) is 57.9 Å².